The predicted molar refractivity (Wildman–Crippen MR) is 44.5 cm³/mol. The van der Waals surface area contributed by atoms with E-state index < -0.39 is 29.6 Å². The topological polar surface area (TPSA) is 121 Å². The van der Waals surface area contributed by atoms with Crippen molar-refractivity contribution in [2.45, 2.75) is 12.4 Å². The van der Waals surface area contributed by atoms with Crippen LogP contribution in [0.4, 0.5) is 0 Å². The summed E-state index contributed by atoms with van der Waals surface area (Å²) in [6.45, 7) is 0. The lowest BCUT2D eigenvalue weighted by Gasteiger charge is -2.15. The van der Waals surface area contributed by atoms with Gasteiger partial charge in [-0.05, 0) is 6.07 Å². The van der Waals surface area contributed by atoms with Gasteiger partial charge >= 0.3 is 0 Å². The zero-order chi connectivity index (χ0) is 10.9. The number of aromatic hydroxyl groups is 3. The molecule has 0 aliphatic rings. The Kier molecular flexibility index (Phi) is 2.52. The largest absolute Gasteiger partial charge is 0.504 e. The highest BCUT2D eigenvalue weighted by Crippen LogP contribution is 2.37. The molecule has 0 aliphatic carbocycles. The van der Waals surface area contributed by atoms with Crippen molar-refractivity contribution >= 4 is 0 Å². The minimum atomic E-state index is -2.97. The summed E-state index contributed by atoms with van der Waals surface area (Å²) >= 11 is 0. The van der Waals surface area contributed by atoms with Gasteiger partial charge in [0.25, 0.3) is 5.97 Å². The van der Waals surface area contributed by atoms with Crippen molar-refractivity contribution in [3.63, 3.8) is 0 Å². The Morgan fingerprint density at radius 3 is 2.00 bits per heavy atom. The van der Waals surface area contributed by atoms with Gasteiger partial charge in [0, 0.05) is 5.56 Å². The molecule has 0 radical (unpaired) electrons. The van der Waals surface area contributed by atoms with Crippen LogP contribution in [0.25, 0.3) is 0 Å². The molecule has 1 aromatic rings. The molecule has 0 saturated carbocycles. The molecule has 1 rings (SSSR count). The maximum absolute atomic E-state index is 9.20. The van der Waals surface area contributed by atoms with Crippen molar-refractivity contribution in [2.24, 2.45) is 0 Å². The van der Waals surface area contributed by atoms with Crippen molar-refractivity contribution in [2.75, 3.05) is 0 Å². The van der Waals surface area contributed by atoms with E-state index in [-0.39, 0.29) is 5.56 Å². The van der Waals surface area contributed by atoms with E-state index in [2.05, 4.69) is 0 Å². The van der Waals surface area contributed by atoms with Gasteiger partial charge in [-0.2, -0.15) is 0 Å². The zero-order valence-electron chi connectivity index (χ0n) is 7.05. The van der Waals surface area contributed by atoms with Crippen LogP contribution in [0.3, 0.4) is 0 Å². The molecule has 0 aromatic heterocycles. The lowest BCUT2D eigenvalue weighted by atomic mass is 10.1. The van der Waals surface area contributed by atoms with Crippen molar-refractivity contribution in [3.05, 3.63) is 17.7 Å². The van der Waals surface area contributed by atoms with Crippen LogP contribution < -0.4 is 0 Å². The standard InChI is InChI=1S/C8H10O6/c9-5-2-1-4(3-8(12,13)14)6(10)7(5)11/h1-2,9-14H,3H2. The maximum atomic E-state index is 9.20. The Bertz CT molecular complexity index is 340. The summed E-state index contributed by atoms with van der Waals surface area (Å²) < 4.78 is 0. The third-order valence-electron chi connectivity index (χ3n) is 1.64. The number of hydrogen-bond donors (Lipinski definition) is 6. The highest BCUT2D eigenvalue weighted by molar-refractivity contribution is 5.53. The second-order valence-electron chi connectivity index (χ2n) is 2.89. The van der Waals surface area contributed by atoms with Crippen molar-refractivity contribution in [3.8, 4) is 17.2 Å². The molecule has 0 bridgehead atoms. The van der Waals surface area contributed by atoms with Gasteiger partial charge < -0.3 is 30.6 Å². The molecule has 6 N–H and O–H groups in total. The molecule has 0 unspecified atom stereocenters. The zero-order valence-corrected chi connectivity index (χ0v) is 7.05. The Morgan fingerprint density at radius 2 is 1.50 bits per heavy atom. The van der Waals surface area contributed by atoms with E-state index in [4.69, 9.17) is 25.5 Å². The van der Waals surface area contributed by atoms with Gasteiger partial charge in [0.1, 0.15) is 0 Å². The average molecular weight is 202 g/mol. The second kappa shape index (κ2) is 3.33. The molecule has 14 heavy (non-hydrogen) atoms. The molecule has 1 aromatic carbocycles. The second-order valence-corrected chi connectivity index (χ2v) is 2.89. The minimum absolute atomic E-state index is 0.104. The van der Waals surface area contributed by atoms with Crippen LogP contribution >= 0.6 is 0 Å². The molecule has 6 heteroatoms. The highest BCUT2D eigenvalue weighted by Gasteiger charge is 2.22. The molecule has 0 amide bonds. The Labute approximate surface area is 78.9 Å². The van der Waals surface area contributed by atoms with E-state index in [0.29, 0.717) is 0 Å². The van der Waals surface area contributed by atoms with Gasteiger partial charge in [-0.1, -0.05) is 6.07 Å². The van der Waals surface area contributed by atoms with Crippen molar-refractivity contribution < 1.29 is 30.6 Å². The molecular formula is C8H10O6. The smallest absolute Gasteiger partial charge is 0.279 e. The molecule has 0 saturated heterocycles. The van der Waals surface area contributed by atoms with E-state index in [1.807, 2.05) is 0 Å². The number of phenols is 3. The summed E-state index contributed by atoms with van der Waals surface area (Å²) in [5.74, 6) is -4.98. The van der Waals surface area contributed by atoms with E-state index in [1.54, 1.807) is 0 Å². The highest BCUT2D eigenvalue weighted by atomic mass is 16.7. The molecule has 78 valence electrons. The van der Waals surface area contributed by atoms with Gasteiger partial charge in [-0.3, -0.25) is 0 Å². The van der Waals surface area contributed by atoms with E-state index in [1.165, 1.54) is 0 Å². The monoisotopic (exact) mass is 202 g/mol. The fourth-order valence-electron chi connectivity index (χ4n) is 1.01. The van der Waals surface area contributed by atoms with Gasteiger partial charge in [0.05, 0.1) is 6.42 Å². The van der Waals surface area contributed by atoms with Crippen LogP contribution in [0.15, 0.2) is 12.1 Å². The predicted octanol–water partition coefficient (Wildman–Crippen LogP) is -1.02. The number of rotatable bonds is 2. The summed E-state index contributed by atoms with van der Waals surface area (Å²) in [6, 6.07) is 2.19. The molecule has 0 spiro atoms. The van der Waals surface area contributed by atoms with Crippen molar-refractivity contribution in [1.29, 1.82) is 0 Å². The average Bonchev–Trinajstić information content (AvgIpc) is 2.04. The summed E-state index contributed by atoms with van der Waals surface area (Å²) in [4.78, 5) is 0. The van der Waals surface area contributed by atoms with Crippen LogP contribution in [0.2, 0.25) is 0 Å². The van der Waals surface area contributed by atoms with Crippen LogP contribution in [-0.2, 0) is 6.42 Å². The SMILES string of the molecule is Oc1ccc(CC(O)(O)O)c(O)c1O. The minimum Gasteiger partial charge on any atom is -0.504 e. The van der Waals surface area contributed by atoms with Gasteiger partial charge in [-0.25, -0.2) is 0 Å². The fraction of sp³-hybridized carbons (Fsp3) is 0.250. The quantitative estimate of drug-likeness (QED) is 0.269. The first kappa shape index (κ1) is 10.6. The summed E-state index contributed by atoms with van der Waals surface area (Å²) in [5, 5.41) is 53.0. The first-order chi connectivity index (χ1) is 6.31. The number of phenolic OH excluding ortho intramolecular Hbond substituents is 3. The van der Waals surface area contributed by atoms with Crippen LogP contribution in [0.5, 0.6) is 17.2 Å². The maximum Gasteiger partial charge on any atom is 0.279 e. The number of benzene rings is 1. The van der Waals surface area contributed by atoms with Gasteiger partial charge in [-0.15, -0.1) is 0 Å². The van der Waals surface area contributed by atoms with Crippen LogP contribution in [0.1, 0.15) is 5.56 Å². The third kappa shape index (κ3) is 2.25. The summed E-state index contributed by atoms with van der Waals surface area (Å²) in [7, 11) is 0. The van der Waals surface area contributed by atoms with E-state index in [0.717, 1.165) is 12.1 Å². The van der Waals surface area contributed by atoms with Crippen LogP contribution in [-0.4, -0.2) is 36.6 Å². The van der Waals surface area contributed by atoms with Gasteiger partial charge in [0.15, 0.2) is 11.5 Å². The first-order valence-corrected chi connectivity index (χ1v) is 3.71. The lowest BCUT2D eigenvalue weighted by Crippen LogP contribution is -2.29. The van der Waals surface area contributed by atoms with Gasteiger partial charge in [0.2, 0.25) is 5.75 Å². The Morgan fingerprint density at radius 1 is 0.929 bits per heavy atom. The molecule has 0 fully saturated rings. The lowest BCUT2D eigenvalue weighted by molar-refractivity contribution is -0.309. The van der Waals surface area contributed by atoms with Crippen molar-refractivity contribution in [1.82, 2.24) is 0 Å². The molecule has 0 heterocycles. The third-order valence-corrected chi connectivity index (χ3v) is 1.64. The Balaban J connectivity index is 3.06. The molecule has 0 aliphatic heterocycles. The Hall–Kier alpha value is -1.50. The molecule has 6 nitrogen and oxygen atoms in total. The van der Waals surface area contributed by atoms with Crippen LogP contribution in [0, 0.1) is 0 Å². The summed E-state index contributed by atoms with van der Waals surface area (Å²) in [6.07, 6.45) is -0.688. The van der Waals surface area contributed by atoms with E-state index in [9.17, 15) is 5.11 Å². The number of aliphatic hydroxyl groups is 3. The first-order valence-electron chi connectivity index (χ1n) is 3.71. The molecule has 0 atom stereocenters. The summed E-state index contributed by atoms with van der Waals surface area (Å²) in [5.41, 5.74) is -0.104. The molecular weight excluding hydrogens is 192 g/mol. The number of hydrogen-bond acceptors (Lipinski definition) is 6. The van der Waals surface area contributed by atoms with E-state index >= 15 is 0 Å². The fourth-order valence-corrected chi connectivity index (χ4v) is 1.01. The normalized spacial score (nSPS) is 11.6.